The number of hydrogen-bond acceptors (Lipinski definition) is 0. The standard InChI is InChI=1S/C9H7Si/c1-8-2-4-9(5-3-8)6-7-10/h2-5H,1H3. The van der Waals surface area contributed by atoms with Crippen LogP contribution in [0.25, 0.3) is 0 Å². The first kappa shape index (κ1) is 7.11. The molecular weight excluding hydrogens is 136 g/mol. The summed E-state index contributed by atoms with van der Waals surface area (Å²) in [5.41, 5.74) is 4.96. The molecule has 0 atom stereocenters. The van der Waals surface area contributed by atoms with Crippen molar-refractivity contribution in [1.82, 2.24) is 0 Å². The second-order valence-electron chi connectivity index (χ2n) is 2.12. The highest BCUT2D eigenvalue weighted by Crippen LogP contribution is 2.00. The highest BCUT2D eigenvalue weighted by molar-refractivity contribution is 6.22. The fourth-order valence-electron chi connectivity index (χ4n) is 0.709. The van der Waals surface area contributed by atoms with Crippen LogP contribution in [0.2, 0.25) is 0 Å². The zero-order valence-corrected chi connectivity index (χ0v) is 6.81. The van der Waals surface area contributed by atoms with Gasteiger partial charge in [0.25, 0.3) is 0 Å². The molecular formula is C9H7Si. The van der Waals surface area contributed by atoms with Gasteiger partial charge < -0.3 is 0 Å². The molecule has 3 radical (unpaired) electrons. The summed E-state index contributed by atoms with van der Waals surface area (Å²) >= 11 is 0. The van der Waals surface area contributed by atoms with Gasteiger partial charge in [-0.1, -0.05) is 23.6 Å². The molecule has 0 aromatic heterocycles. The van der Waals surface area contributed by atoms with E-state index in [0.29, 0.717) is 0 Å². The van der Waals surface area contributed by atoms with Gasteiger partial charge in [0.1, 0.15) is 10.2 Å². The predicted molar refractivity (Wildman–Crippen MR) is 43.8 cm³/mol. The summed E-state index contributed by atoms with van der Waals surface area (Å²) in [7, 11) is 3.09. The lowest BCUT2D eigenvalue weighted by molar-refractivity contribution is 1.46. The maximum Gasteiger partial charge on any atom is 0.147 e. The first-order valence-electron chi connectivity index (χ1n) is 3.07. The van der Waals surface area contributed by atoms with Crippen molar-refractivity contribution in [2.75, 3.05) is 0 Å². The topological polar surface area (TPSA) is 0 Å². The van der Waals surface area contributed by atoms with Crippen LogP contribution in [0.1, 0.15) is 11.1 Å². The lowest BCUT2D eigenvalue weighted by atomic mass is 10.2. The van der Waals surface area contributed by atoms with Crippen LogP contribution in [0.4, 0.5) is 0 Å². The molecule has 0 amide bonds. The van der Waals surface area contributed by atoms with Crippen molar-refractivity contribution >= 4 is 10.2 Å². The van der Waals surface area contributed by atoms with Crippen LogP contribution in [0.3, 0.4) is 0 Å². The van der Waals surface area contributed by atoms with E-state index in [4.69, 9.17) is 0 Å². The SMILES string of the molecule is Cc1ccc(C#C[Si])cc1. The van der Waals surface area contributed by atoms with Gasteiger partial charge in [0.2, 0.25) is 0 Å². The Balaban J connectivity index is 2.97. The third kappa shape index (κ3) is 1.75. The Kier molecular flexibility index (Phi) is 2.30. The van der Waals surface area contributed by atoms with Gasteiger partial charge in [-0.3, -0.25) is 0 Å². The van der Waals surface area contributed by atoms with E-state index in [1.54, 1.807) is 0 Å². The molecule has 0 aliphatic heterocycles. The summed E-state index contributed by atoms with van der Waals surface area (Å²) in [5.74, 6) is 2.90. The third-order valence-electron chi connectivity index (χ3n) is 1.26. The average Bonchev–Trinajstić information content (AvgIpc) is 1.95. The van der Waals surface area contributed by atoms with E-state index in [-0.39, 0.29) is 0 Å². The Hall–Kier alpha value is -1.00. The summed E-state index contributed by atoms with van der Waals surface area (Å²) in [6.45, 7) is 2.06. The molecule has 10 heavy (non-hydrogen) atoms. The van der Waals surface area contributed by atoms with Gasteiger partial charge in [-0.2, -0.15) is 0 Å². The molecule has 47 valence electrons. The molecule has 0 N–H and O–H groups in total. The second kappa shape index (κ2) is 3.24. The lowest BCUT2D eigenvalue weighted by Crippen LogP contribution is -1.74. The number of aryl methyl sites for hydroxylation is 1. The molecule has 1 aromatic rings. The van der Waals surface area contributed by atoms with Crippen LogP contribution in [0, 0.1) is 18.4 Å². The van der Waals surface area contributed by atoms with Crippen molar-refractivity contribution in [3.05, 3.63) is 35.4 Å². The summed E-state index contributed by atoms with van der Waals surface area (Å²) in [5, 5.41) is 0. The van der Waals surface area contributed by atoms with Gasteiger partial charge in [-0.25, -0.2) is 0 Å². The van der Waals surface area contributed by atoms with Crippen LogP contribution in [-0.4, -0.2) is 10.2 Å². The molecule has 0 aliphatic rings. The normalized spacial score (nSPS) is 8.20. The maximum atomic E-state index is 3.09. The smallest absolute Gasteiger partial charge is 0.133 e. The second-order valence-corrected chi connectivity index (χ2v) is 2.37. The van der Waals surface area contributed by atoms with Crippen LogP contribution < -0.4 is 0 Å². The van der Waals surface area contributed by atoms with Crippen LogP contribution in [0.5, 0.6) is 0 Å². The Morgan fingerprint density at radius 3 is 2.30 bits per heavy atom. The van der Waals surface area contributed by atoms with Gasteiger partial charge >= 0.3 is 0 Å². The Labute approximate surface area is 64.7 Å². The molecule has 0 fully saturated rings. The van der Waals surface area contributed by atoms with E-state index in [9.17, 15) is 0 Å². The van der Waals surface area contributed by atoms with E-state index in [0.717, 1.165) is 5.56 Å². The summed E-state index contributed by atoms with van der Waals surface area (Å²) in [6.07, 6.45) is 0. The molecule has 0 aliphatic carbocycles. The molecule has 0 saturated heterocycles. The summed E-state index contributed by atoms with van der Waals surface area (Å²) < 4.78 is 0. The molecule has 1 rings (SSSR count). The van der Waals surface area contributed by atoms with E-state index in [2.05, 4.69) is 28.6 Å². The minimum Gasteiger partial charge on any atom is -0.133 e. The Morgan fingerprint density at radius 2 is 1.80 bits per heavy atom. The monoisotopic (exact) mass is 143 g/mol. The highest BCUT2D eigenvalue weighted by Gasteiger charge is 1.83. The van der Waals surface area contributed by atoms with E-state index >= 15 is 0 Å². The molecule has 1 aromatic carbocycles. The summed E-state index contributed by atoms with van der Waals surface area (Å²) in [6, 6.07) is 8.10. The van der Waals surface area contributed by atoms with E-state index in [1.807, 2.05) is 24.3 Å². The van der Waals surface area contributed by atoms with Crippen molar-refractivity contribution < 1.29 is 0 Å². The predicted octanol–water partition coefficient (Wildman–Crippen LogP) is 1.47. The highest BCUT2D eigenvalue weighted by atomic mass is 28.1. The third-order valence-corrected chi connectivity index (χ3v) is 1.38. The van der Waals surface area contributed by atoms with Crippen molar-refractivity contribution in [3.63, 3.8) is 0 Å². The van der Waals surface area contributed by atoms with Gasteiger partial charge in [0, 0.05) is 5.56 Å². The first-order valence-corrected chi connectivity index (χ1v) is 3.57. The van der Waals surface area contributed by atoms with Crippen molar-refractivity contribution in [2.24, 2.45) is 0 Å². The Morgan fingerprint density at radius 1 is 1.20 bits per heavy atom. The first-order chi connectivity index (χ1) is 4.83. The zero-order valence-electron chi connectivity index (χ0n) is 5.81. The Bertz CT molecular complexity index is 261. The number of hydrogen-bond donors (Lipinski definition) is 0. The largest absolute Gasteiger partial charge is 0.147 e. The van der Waals surface area contributed by atoms with Crippen LogP contribution in [0.15, 0.2) is 24.3 Å². The maximum absolute atomic E-state index is 3.09. The molecule has 0 spiro atoms. The summed E-state index contributed by atoms with van der Waals surface area (Å²) in [4.78, 5) is 0. The van der Waals surface area contributed by atoms with E-state index in [1.165, 1.54) is 5.56 Å². The van der Waals surface area contributed by atoms with Gasteiger partial charge in [0.15, 0.2) is 0 Å². The van der Waals surface area contributed by atoms with Crippen LogP contribution >= 0.6 is 0 Å². The van der Waals surface area contributed by atoms with Crippen molar-refractivity contribution in [3.8, 4) is 11.5 Å². The van der Waals surface area contributed by atoms with Crippen molar-refractivity contribution in [2.45, 2.75) is 6.92 Å². The van der Waals surface area contributed by atoms with Crippen molar-refractivity contribution in [1.29, 1.82) is 0 Å². The minimum atomic E-state index is 1.04. The molecule has 0 unspecified atom stereocenters. The zero-order chi connectivity index (χ0) is 7.40. The molecule has 1 heteroatoms. The molecule has 0 saturated carbocycles. The fraction of sp³-hybridized carbons (Fsp3) is 0.111. The quantitative estimate of drug-likeness (QED) is 0.381. The van der Waals surface area contributed by atoms with Crippen LogP contribution in [-0.2, 0) is 0 Å². The van der Waals surface area contributed by atoms with E-state index < -0.39 is 0 Å². The lowest BCUT2D eigenvalue weighted by Gasteiger charge is -1.90. The number of benzene rings is 1. The number of rotatable bonds is 0. The molecule has 0 nitrogen and oxygen atoms in total. The van der Waals surface area contributed by atoms with Gasteiger partial charge in [0.05, 0.1) is 0 Å². The van der Waals surface area contributed by atoms with Gasteiger partial charge in [-0.05, 0) is 19.1 Å². The fourth-order valence-corrected chi connectivity index (χ4v) is 0.853. The van der Waals surface area contributed by atoms with Gasteiger partial charge in [-0.15, -0.1) is 5.54 Å². The minimum absolute atomic E-state index is 1.04. The molecule has 0 bridgehead atoms. The average molecular weight is 143 g/mol. The molecule has 0 heterocycles.